The molecule has 0 aliphatic carbocycles. The molecule has 1 aromatic heterocycles. The summed E-state index contributed by atoms with van der Waals surface area (Å²) in [5.41, 5.74) is 0.759. The summed E-state index contributed by atoms with van der Waals surface area (Å²) >= 11 is 0. The van der Waals surface area contributed by atoms with Crippen molar-refractivity contribution in [2.24, 2.45) is 7.05 Å². The largest absolute Gasteiger partial charge is 0.357 e. The number of ketones is 1. The number of nitrogens with zero attached hydrogens (tertiary/aromatic N) is 2. The molecule has 0 bridgehead atoms. The Morgan fingerprint density at radius 2 is 2.12 bits per heavy atom. The number of carbonyl (C=O) groups is 1. The van der Waals surface area contributed by atoms with Gasteiger partial charge >= 0.3 is 0 Å². The van der Waals surface area contributed by atoms with Crippen LogP contribution in [-0.4, -0.2) is 50.6 Å². The van der Waals surface area contributed by atoms with E-state index in [9.17, 15) is 9.00 Å². The monoisotopic (exact) mass is 240 g/mol. The second-order valence-corrected chi connectivity index (χ2v) is 5.81. The zero-order valence-electron chi connectivity index (χ0n) is 9.39. The fraction of sp³-hybridized carbons (Fsp3) is 0.545. The first-order valence-corrected chi connectivity index (χ1v) is 6.86. The summed E-state index contributed by atoms with van der Waals surface area (Å²) in [4.78, 5) is 14.0. The lowest BCUT2D eigenvalue weighted by Gasteiger charge is -2.24. The second kappa shape index (κ2) is 4.93. The van der Waals surface area contributed by atoms with E-state index in [1.54, 1.807) is 0 Å². The molecular weight excluding hydrogens is 224 g/mol. The molecule has 0 saturated carbocycles. The molecule has 1 aliphatic heterocycles. The van der Waals surface area contributed by atoms with Gasteiger partial charge in [-0.1, -0.05) is 0 Å². The quantitative estimate of drug-likeness (QED) is 0.712. The van der Waals surface area contributed by atoms with Gasteiger partial charge in [0.15, 0.2) is 5.78 Å². The van der Waals surface area contributed by atoms with Crippen LogP contribution in [0, 0.1) is 0 Å². The topological polar surface area (TPSA) is 42.3 Å². The van der Waals surface area contributed by atoms with E-state index in [1.807, 2.05) is 30.1 Å². The minimum atomic E-state index is -0.673. The fourth-order valence-corrected chi connectivity index (χ4v) is 2.92. The van der Waals surface area contributed by atoms with Crippen molar-refractivity contribution in [1.29, 1.82) is 0 Å². The van der Waals surface area contributed by atoms with E-state index in [-0.39, 0.29) is 5.78 Å². The highest BCUT2D eigenvalue weighted by Gasteiger charge is 2.18. The van der Waals surface area contributed by atoms with Gasteiger partial charge in [-0.3, -0.25) is 13.9 Å². The number of hydrogen-bond donors (Lipinski definition) is 0. The molecule has 0 spiro atoms. The predicted octanol–water partition coefficient (Wildman–Crippen LogP) is 0.272. The van der Waals surface area contributed by atoms with Crippen LogP contribution in [0.4, 0.5) is 0 Å². The summed E-state index contributed by atoms with van der Waals surface area (Å²) < 4.78 is 13.0. The van der Waals surface area contributed by atoms with Crippen LogP contribution in [0.3, 0.4) is 0 Å². The minimum absolute atomic E-state index is 0.147. The van der Waals surface area contributed by atoms with Gasteiger partial charge < -0.3 is 4.57 Å². The van der Waals surface area contributed by atoms with Crippen molar-refractivity contribution in [1.82, 2.24) is 9.47 Å². The molecule has 2 rings (SSSR count). The molecule has 0 amide bonds. The molecule has 1 fully saturated rings. The third-order valence-corrected chi connectivity index (χ3v) is 4.07. The Bertz CT molecular complexity index is 404. The number of Topliss-reactive ketones (excluding diaryl/α,β-unsaturated/α-hetero) is 1. The van der Waals surface area contributed by atoms with Crippen LogP contribution in [0.2, 0.25) is 0 Å². The highest BCUT2D eigenvalue weighted by Crippen LogP contribution is 2.05. The van der Waals surface area contributed by atoms with Gasteiger partial charge in [-0.2, -0.15) is 0 Å². The highest BCUT2D eigenvalue weighted by atomic mass is 32.2. The molecule has 1 aliphatic rings. The zero-order chi connectivity index (χ0) is 11.5. The average molecular weight is 240 g/mol. The zero-order valence-corrected chi connectivity index (χ0v) is 10.2. The molecule has 16 heavy (non-hydrogen) atoms. The second-order valence-electron chi connectivity index (χ2n) is 4.11. The Labute approximate surface area is 97.7 Å². The van der Waals surface area contributed by atoms with Crippen LogP contribution in [0.15, 0.2) is 18.5 Å². The number of carbonyl (C=O) groups excluding carboxylic acids is 1. The summed E-state index contributed by atoms with van der Waals surface area (Å²) in [7, 11) is 1.23. The maximum atomic E-state index is 11.9. The molecule has 4 nitrogen and oxygen atoms in total. The van der Waals surface area contributed by atoms with Gasteiger partial charge in [-0.15, -0.1) is 0 Å². The summed E-state index contributed by atoms with van der Waals surface area (Å²) in [5.74, 6) is 1.54. The van der Waals surface area contributed by atoms with Crippen molar-refractivity contribution < 1.29 is 9.00 Å². The minimum Gasteiger partial charge on any atom is -0.357 e. The van der Waals surface area contributed by atoms with Crippen LogP contribution in [-0.2, 0) is 17.8 Å². The Hall–Kier alpha value is -0.940. The van der Waals surface area contributed by atoms with Gasteiger partial charge in [0.25, 0.3) is 0 Å². The molecule has 0 unspecified atom stereocenters. The Kier molecular flexibility index (Phi) is 3.56. The smallest absolute Gasteiger partial charge is 0.178 e. The average Bonchev–Trinajstić information content (AvgIpc) is 2.68. The van der Waals surface area contributed by atoms with Gasteiger partial charge in [0, 0.05) is 60.4 Å². The molecule has 1 saturated heterocycles. The summed E-state index contributed by atoms with van der Waals surface area (Å²) in [6, 6.07) is 1.84. The van der Waals surface area contributed by atoms with Crippen LogP contribution in [0.5, 0.6) is 0 Å². The first-order valence-electron chi connectivity index (χ1n) is 5.37. The first kappa shape index (κ1) is 11.5. The van der Waals surface area contributed by atoms with Crippen molar-refractivity contribution in [3.05, 3.63) is 24.0 Å². The lowest BCUT2D eigenvalue weighted by atomic mass is 10.2. The number of aromatic nitrogens is 1. The van der Waals surface area contributed by atoms with E-state index in [0.29, 0.717) is 18.1 Å². The molecule has 0 aromatic carbocycles. The SMILES string of the molecule is Cn1ccc(C(=O)CN2CCS(=O)CC2)c1. The molecular formula is C11H16N2O2S. The number of rotatable bonds is 3. The Balaban J connectivity index is 1.90. The third-order valence-electron chi connectivity index (χ3n) is 2.79. The summed E-state index contributed by atoms with van der Waals surface area (Å²) in [6.45, 7) is 1.98. The highest BCUT2D eigenvalue weighted by molar-refractivity contribution is 7.85. The number of hydrogen-bond acceptors (Lipinski definition) is 3. The van der Waals surface area contributed by atoms with Crippen molar-refractivity contribution >= 4 is 16.6 Å². The van der Waals surface area contributed by atoms with E-state index < -0.39 is 10.8 Å². The molecule has 5 heteroatoms. The first-order chi connectivity index (χ1) is 7.65. The van der Waals surface area contributed by atoms with Crippen LogP contribution < -0.4 is 0 Å². The molecule has 0 atom stereocenters. The van der Waals surface area contributed by atoms with E-state index >= 15 is 0 Å². The van der Waals surface area contributed by atoms with E-state index in [4.69, 9.17) is 0 Å². The van der Waals surface area contributed by atoms with Gasteiger partial charge in [0.1, 0.15) is 0 Å². The van der Waals surface area contributed by atoms with Crippen molar-refractivity contribution in [2.75, 3.05) is 31.1 Å². The molecule has 88 valence electrons. The van der Waals surface area contributed by atoms with Crippen molar-refractivity contribution in [3.63, 3.8) is 0 Å². The Morgan fingerprint density at radius 3 is 2.69 bits per heavy atom. The van der Waals surface area contributed by atoms with E-state index in [2.05, 4.69) is 4.90 Å². The maximum Gasteiger partial charge on any atom is 0.178 e. The van der Waals surface area contributed by atoms with Crippen LogP contribution >= 0.6 is 0 Å². The van der Waals surface area contributed by atoms with Gasteiger partial charge in [0.05, 0.1) is 6.54 Å². The van der Waals surface area contributed by atoms with Crippen LogP contribution in [0.1, 0.15) is 10.4 Å². The molecule has 1 aromatic rings. The molecule has 0 N–H and O–H groups in total. The van der Waals surface area contributed by atoms with Crippen molar-refractivity contribution in [2.45, 2.75) is 0 Å². The normalized spacial score (nSPS) is 18.8. The number of aryl methyl sites for hydroxylation is 1. The third kappa shape index (κ3) is 2.80. The van der Waals surface area contributed by atoms with Crippen molar-refractivity contribution in [3.8, 4) is 0 Å². The standard InChI is InChI=1S/C11H16N2O2S/c1-12-3-2-10(8-12)11(14)9-13-4-6-16(15)7-5-13/h2-3,8H,4-7,9H2,1H3. The van der Waals surface area contributed by atoms with E-state index in [1.165, 1.54) is 0 Å². The van der Waals surface area contributed by atoms with Gasteiger partial charge in [0.2, 0.25) is 0 Å². The van der Waals surface area contributed by atoms with E-state index in [0.717, 1.165) is 18.7 Å². The lowest BCUT2D eigenvalue weighted by Crippen LogP contribution is -2.40. The van der Waals surface area contributed by atoms with Gasteiger partial charge in [-0.25, -0.2) is 0 Å². The molecule has 2 heterocycles. The van der Waals surface area contributed by atoms with Crippen LogP contribution in [0.25, 0.3) is 0 Å². The van der Waals surface area contributed by atoms with Gasteiger partial charge in [-0.05, 0) is 6.07 Å². The fourth-order valence-electron chi connectivity index (χ4n) is 1.80. The maximum absolute atomic E-state index is 11.9. The lowest BCUT2D eigenvalue weighted by molar-refractivity contribution is 0.0936. The summed E-state index contributed by atoms with van der Waals surface area (Å²) in [6.07, 6.45) is 3.71. The Morgan fingerprint density at radius 1 is 1.44 bits per heavy atom. The molecule has 0 radical (unpaired) electrons. The summed E-state index contributed by atoms with van der Waals surface area (Å²) in [5, 5.41) is 0. The predicted molar refractivity (Wildman–Crippen MR) is 64.1 cm³/mol.